The standard InChI is InChI=1S/C11H15N3O2S3/c1-2-3-16-11(15)14-6-9(17)4-8(14)7-18-10-5-12-13-19-10/h2,5,8-9,17H,1,3-4,6-7H2. The van der Waals surface area contributed by atoms with Gasteiger partial charge in [-0.3, -0.25) is 0 Å². The number of carbonyl (C=O) groups excluding carboxylic acids is 1. The molecule has 5 nitrogen and oxygen atoms in total. The lowest BCUT2D eigenvalue weighted by Gasteiger charge is -2.23. The van der Waals surface area contributed by atoms with E-state index in [4.69, 9.17) is 4.74 Å². The number of ether oxygens (including phenoxy) is 1. The smallest absolute Gasteiger partial charge is 0.410 e. The minimum absolute atomic E-state index is 0.145. The Morgan fingerprint density at radius 2 is 2.63 bits per heavy atom. The monoisotopic (exact) mass is 317 g/mol. The van der Waals surface area contributed by atoms with Crippen molar-refractivity contribution in [2.75, 3.05) is 18.9 Å². The van der Waals surface area contributed by atoms with Crippen molar-refractivity contribution >= 4 is 42.0 Å². The summed E-state index contributed by atoms with van der Waals surface area (Å²) in [4.78, 5) is 13.7. The molecule has 1 aliphatic rings. The van der Waals surface area contributed by atoms with Crippen LogP contribution in [0.25, 0.3) is 0 Å². The molecule has 0 N–H and O–H groups in total. The second-order valence-electron chi connectivity index (χ2n) is 4.11. The van der Waals surface area contributed by atoms with Gasteiger partial charge in [0.2, 0.25) is 0 Å². The molecule has 0 aliphatic carbocycles. The van der Waals surface area contributed by atoms with E-state index in [1.807, 2.05) is 0 Å². The Hall–Kier alpha value is -0.730. The van der Waals surface area contributed by atoms with E-state index < -0.39 is 0 Å². The first-order chi connectivity index (χ1) is 9.20. The number of hydrogen-bond donors (Lipinski definition) is 1. The Labute approximate surface area is 126 Å². The zero-order valence-corrected chi connectivity index (χ0v) is 12.8. The summed E-state index contributed by atoms with van der Waals surface area (Å²) in [5.41, 5.74) is 0. The van der Waals surface area contributed by atoms with Gasteiger partial charge in [-0.2, -0.15) is 12.6 Å². The molecule has 0 spiro atoms. The first kappa shape index (κ1) is 14.7. The van der Waals surface area contributed by atoms with Crippen molar-refractivity contribution in [2.45, 2.75) is 21.9 Å². The minimum atomic E-state index is -0.288. The Morgan fingerprint density at radius 3 is 3.32 bits per heavy atom. The molecule has 1 saturated heterocycles. The normalized spacial score (nSPS) is 22.5. The summed E-state index contributed by atoms with van der Waals surface area (Å²) in [5.74, 6) is 0.810. The number of thioether (sulfide) groups is 1. The third-order valence-electron chi connectivity index (χ3n) is 2.71. The highest BCUT2D eigenvalue weighted by Gasteiger charge is 2.34. The molecule has 1 aliphatic heterocycles. The van der Waals surface area contributed by atoms with Crippen molar-refractivity contribution in [1.82, 2.24) is 14.5 Å². The maximum Gasteiger partial charge on any atom is 0.410 e. The average molecular weight is 317 g/mol. The van der Waals surface area contributed by atoms with E-state index in [1.165, 1.54) is 11.5 Å². The number of likely N-dealkylation sites (tertiary alicyclic amines) is 1. The fourth-order valence-electron chi connectivity index (χ4n) is 1.89. The molecule has 1 fully saturated rings. The van der Waals surface area contributed by atoms with Crippen LogP contribution in [-0.4, -0.2) is 50.8 Å². The molecule has 0 saturated carbocycles. The molecule has 2 atom stereocenters. The van der Waals surface area contributed by atoms with Gasteiger partial charge < -0.3 is 9.64 Å². The van der Waals surface area contributed by atoms with Crippen LogP contribution in [0.15, 0.2) is 23.1 Å². The molecule has 0 radical (unpaired) electrons. The van der Waals surface area contributed by atoms with E-state index >= 15 is 0 Å². The lowest BCUT2D eigenvalue weighted by Crippen LogP contribution is -2.37. The predicted molar refractivity (Wildman–Crippen MR) is 80.1 cm³/mol. The van der Waals surface area contributed by atoms with Crippen LogP contribution in [0.5, 0.6) is 0 Å². The number of amides is 1. The average Bonchev–Trinajstić information content (AvgIpc) is 3.02. The van der Waals surface area contributed by atoms with Gasteiger partial charge >= 0.3 is 6.09 Å². The molecule has 104 valence electrons. The van der Waals surface area contributed by atoms with E-state index in [1.54, 1.807) is 28.9 Å². The lowest BCUT2D eigenvalue weighted by molar-refractivity contribution is 0.111. The number of aromatic nitrogens is 2. The van der Waals surface area contributed by atoms with Crippen LogP contribution in [0, 0.1) is 0 Å². The molecular formula is C11H15N3O2S3. The Kier molecular flexibility index (Phi) is 5.53. The summed E-state index contributed by atoms with van der Waals surface area (Å²) in [6, 6.07) is 0.145. The second kappa shape index (κ2) is 7.16. The summed E-state index contributed by atoms with van der Waals surface area (Å²) in [6.45, 7) is 4.41. The van der Waals surface area contributed by atoms with E-state index in [0.717, 1.165) is 16.4 Å². The van der Waals surface area contributed by atoms with Gasteiger partial charge in [-0.15, -0.1) is 16.9 Å². The largest absolute Gasteiger partial charge is 0.445 e. The Bertz CT molecular complexity index is 427. The maximum absolute atomic E-state index is 11.9. The quantitative estimate of drug-likeness (QED) is 0.513. The van der Waals surface area contributed by atoms with Crippen LogP contribution < -0.4 is 0 Å². The van der Waals surface area contributed by atoms with Gasteiger partial charge in [0.15, 0.2) is 0 Å². The molecule has 2 heterocycles. The summed E-state index contributed by atoms with van der Waals surface area (Å²) >= 11 is 7.49. The van der Waals surface area contributed by atoms with E-state index in [-0.39, 0.29) is 24.0 Å². The van der Waals surface area contributed by atoms with E-state index in [2.05, 4.69) is 28.8 Å². The zero-order chi connectivity index (χ0) is 13.7. The maximum atomic E-state index is 11.9. The van der Waals surface area contributed by atoms with Crippen LogP contribution in [0.3, 0.4) is 0 Å². The van der Waals surface area contributed by atoms with Gasteiger partial charge in [0.05, 0.1) is 6.20 Å². The van der Waals surface area contributed by atoms with Crippen LogP contribution >= 0.6 is 35.9 Å². The molecule has 8 heteroatoms. The summed E-state index contributed by atoms with van der Waals surface area (Å²) in [7, 11) is 0. The first-order valence-corrected chi connectivity index (χ1v) is 8.10. The highest BCUT2D eigenvalue weighted by atomic mass is 32.2. The van der Waals surface area contributed by atoms with Crippen LogP contribution in [0.2, 0.25) is 0 Å². The van der Waals surface area contributed by atoms with Gasteiger partial charge in [-0.05, 0) is 18.0 Å². The third-order valence-corrected chi connectivity index (χ3v) is 5.06. The lowest BCUT2D eigenvalue weighted by atomic mass is 10.2. The molecular weight excluding hydrogens is 302 g/mol. The van der Waals surface area contributed by atoms with Gasteiger partial charge in [0.25, 0.3) is 0 Å². The summed E-state index contributed by atoms with van der Waals surface area (Å²) < 4.78 is 9.97. The molecule has 1 aromatic heterocycles. The topological polar surface area (TPSA) is 55.3 Å². The number of rotatable bonds is 5. The van der Waals surface area contributed by atoms with E-state index in [0.29, 0.717) is 6.54 Å². The van der Waals surface area contributed by atoms with Crippen molar-refractivity contribution in [1.29, 1.82) is 0 Å². The Morgan fingerprint density at radius 1 is 1.79 bits per heavy atom. The van der Waals surface area contributed by atoms with Gasteiger partial charge in [0.1, 0.15) is 10.8 Å². The van der Waals surface area contributed by atoms with E-state index in [9.17, 15) is 4.79 Å². The molecule has 1 aromatic rings. The van der Waals surface area contributed by atoms with Gasteiger partial charge in [-0.25, -0.2) is 4.79 Å². The molecule has 1 amide bonds. The highest BCUT2D eigenvalue weighted by Crippen LogP contribution is 2.29. The molecule has 0 bridgehead atoms. The zero-order valence-electron chi connectivity index (χ0n) is 10.3. The number of nitrogens with zero attached hydrogens (tertiary/aromatic N) is 3. The molecule has 2 unspecified atom stereocenters. The fraction of sp³-hybridized carbons (Fsp3) is 0.545. The fourth-order valence-corrected chi connectivity index (χ4v) is 3.88. The van der Waals surface area contributed by atoms with Gasteiger partial charge in [0, 0.05) is 23.6 Å². The van der Waals surface area contributed by atoms with Crippen molar-refractivity contribution in [3.63, 3.8) is 0 Å². The Balaban J connectivity index is 1.89. The van der Waals surface area contributed by atoms with Crippen LogP contribution in [0.1, 0.15) is 6.42 Å². The summed E-state index contributed by atoms with van der Waals surface area (Å²) in [5, 5.41) is 4.00. The van der Waals surface area contributed by atoms with Crippen LogP contribution in [-0.2, 0) is 4.74 Å². The second-order valence-corrected chi connectivity index (χ2v) is 6.95. The third kappa shape index (κ3) is 4.12. The van der Waals surface area contributed by atoms with Crippen molar-refractivity contribution in [3.8, 4) is 0 Å². The van der Waals surface area contributed by atoms with Gasteiger partial charge in [-0.1, -0.05) is 17.1 Å². The first-order valence-electron chi connectivity index (χ1n) is 5.83. The van der Waals surface area contributed by atoms with Crippen molar-refractivity contribution < 1.29 is 9.53 Å². The number of hydrogen-bond acceptors (Lipinski definition) is 7. The molecule has 0 aromatic carbocycles. The van der Waals surface area contributed by atoms with Crippen LogP contribution in [0.4, 0.5) is 4.79 Å². The van der Waals surface area contributed by atoms with Crippen molar-refractivity contribution in [2.24, 2.45) is 0 Å². The summed E-state index contributed by atoms with van der Waals surface area (Å²) in [6.07, 6.45) is 3.90. The van der Waals surface area contributed by atoms with Crippen molar-refractivity contribution in [3.05, 3.63) is 18.9 Å². The number of thiol groups is 1. The minimum Gasteiger partial charge on any atom is -0.445 e. The predicted octanol–water partition coefficient (Wildman–Crippen LogP) is 2.33. The highest BCUT2D eigenvalue weighted by molar-refractivity contribution is 8.01. The SMILES string of the molecule is C=CCOC(=O)N1CC(S)CC1CSc1cnns1. The molecule has 19 heavy (non-hydrogen) atoms. The molecule has 2 rings (SSSR count). The number of carbonyl (C=O) groups is 1.